The monoisotopic (exact) mass is 265 g/mol. The number of nitrogens with zero attached hydrogens (tertiary/aromatic N) is 1. The predicted octanol–water partition coefficient (Wildman–Crippen LogP) is 1.86. The van der Waals surface area contributed by atoms with Gasteiger partial charge in [-0.05, 0) is 25.5 Å². The van der Waals surface area contributed by atoms with E-state index >= 15 is 0 Å². The van der Waals surface area contributed by atoms with Gasteiger partial charge in [0.1, 0.15) is 17.2 Å². The maximum atomic E-state index is 10.4. The van der Waals surface area contributed by atoms with Crippen LogP contribution in [-0.4, -0.2) is 41.5 Å². The zero-order valence-corrected chi connectivity index (χ0v) is 11.6. The van der Waals surface area contributed by atoms with Gasteiger partial charge in [0.25, 0.3) is 0 Å². The van der Waals surface area contributed by atoms with E-state index in [9.17, 15) is 5.11 Å². The van der Waals surface area contributed by atoms with Crippen LogP contribution < -0.4 is 10.6 Å². The highest BCUT2D eigenvalue weighted by Crippen LogP contribution is 2.25. The Morgan fingerprint density at radius 3 is 2.79 bits per heavy atom. The van der Waals surface area contributed by atoms with Gasteiger partial charge in [0, 0.05) is 26.1 Å². The number of hydrogen-bond acceptors (Lipinski definition) is 5. The van der Waals surface area contributed by atoms with Crippen LogP contribution in [0.5, 0.6) is 0 Å². The van der Waals surface area contributed by atoms with Crippen LogP contribution in [0.3, 0.4) is 0 Å². The first-order chi connectivity index (χ1) is 9.14. The number of rotatable bonds is 6. The van der Waals surface area contributed by atoms with E-state index in [4.69, 9.17) is 4.74 Å². The normalized spacial score (nSPS) is 26.4. The molecule has 106 valence electrons. The molecule has 0 amide bonds. The molecule has 5 nitrogen and oxygen atoms in total. The van der Waals surface area contributed by atoms with Gasteiger partial charge in [-0.25, -0.2) is 4.98 Å². The summed E-state index contributed by atoms with van der Waals surface area (Å²) >= 11 is 0. The van der Waals surface area contributed by atoms with Gasteiger partial charge in [-0.3, -0.25) is 0 Å². The Labute approximate surface area is 114 Å². The van der Waals surface area contributed by atoms with Gasteiger partial charge in [-0.2, -0.15) is 0 Å². The zero-order chi connectivity index (χ0) is 13.7. The third kappa shape index (κ3) is 3.58. The number of pyridine rings is 1. The first-order valence-electron chi connectivity index (χ1n) is 6.93. The molecule has 2 atom stereocenters. The number of nitrogens with one attached hydrogen (secondary N) is 2. The van der Waals surface area contributed by atoms with E-state index in [0.717, 1.165) is 24.6 Å². The molecule has 1 fully saturated rings. The molecule has 1 aromatic heterocycles. The Hall–Kier alpha value is -1.33. The average Bonchev–Trinajstić information content (AvgIpc) is 2.75. The maximum Gasteiger partial charge on any atom is 0.128 e. The number of hydrogen-bond donors (Lipinski definition) is 3. The van der Waals surface area contributed by atoms with Crippen molar-refractivity contribution in [3.8, 4) is 0 Å². The summed E-state index contributed by atoms with van der Waals surface area (Å²) in [5.41, 5.74) is -0.797. The summed E-state index contributed by atoms with van der Waals surface area (Å²) in [5.74, 6) is 1.63. The average molecular weight is 265 g/mol. The van der Waals surface area contributed by atoms with Gasteiger partial charge in [-0.1, -0.05) is 13.0 Å². The quantitative estimate of drug-likeness (QED) is 0.732. The lowest BCUT2D eigenvalue weighted by molar-refractivity contribution is -0.0176. The van der Waals surface area contributed by atoms with Crippen molar-refractivity contribution in [3.05, 3.63) is 18.2 Å². The molecule has 0 radical (unpaired) electrons. The van der Waals surface area contributed by atoms with Crippen molar-refractivity contribution in [1.82, 2.24) is 4.98 Å². The van der Waals surface area contributed by atoms with Crippen molar-refractivity contribution in [2.24, 2.45) is 0 Å². The predicted molar refractivity (Wildman–Crippen MR) is 76.5 cm³/mol. The van der Waals surface area contributed by atoms with Crippen LogP contribution in [0.25, 0.3) is 0 Å². The van der Waals surface area contributed by atoms with Crippen molar-refractivity contribution < 1.29 is 9.84 Å². The van der Waals surface area contributed by atoms with Crippen molar-refractivity contribution in [3.63, 3.8) is 0 Å². The summed E-state index contributed by atoms with van der Waals surface area (Å²) < 4.78 is 5.41. The fourth-order valence-corrected chi connectivity index (χ4v) is 2.13. The highest BCUT2D eigenvalue weighted by Gasteiger charge is 2.39. The second-order valence-electron chi connectivity index (χ2n) is 5.05. The van der Waals surface area contributed by atoms with Gasteiger partial charge in [0.05, 0.1) is 6.10 Å². The molecule has 0 bridgehead atoms. The smallest absolute Gasteiger partial charge is 0.128 e. The highest BCUT2D eigenvalue weighted by atomic mass is 16.5. The Bertz CT molecular complexity index is 413. The van der Waals surface area contributed by atoms with E-state index in [2.05, 4.69) is 22.5 Å². The third-order valence-corrected chi connectivity index (χ3v) is 3.54. The minimum Gasteiger partial charge on any atom is -0.385 e. The van der Waals surface area contributed by atoms with Crippen molar-refractivity contribution in [2.45, 2.75) is 38.4 Å². The summed E-state index contributed by atoms with van der Waals surface area (Å²) in [6.45, 7) is 6.00. The minimum atomic E-state index is -0.797. The lowest BCUT2D eigenvalue weighted by Crippen LogP contribution is -2.43. The van der Waals surface area contributed by atoms with Crippen LogP contribution in [0.2, 0.25) is 0 Å². The maximum absolute atomic E-state index is 10.4. The van der Waals surface area contributed by atoms with Crippen LogP contribution in [0.15, 0.2) is 18.2 Å². The summed E-state index contributed by atoms with van der Waals surface area (Å²) in [4.78, 5) is 4.45. The zero-order valence-electron chi connectivity index (χ0n) is 11.6. The molecule has 2 rings (SSSR count). The third-order valence-electron chi connectivity index (χ3n) is 3.54. The molecule has 1 aliphatic heterocycles. The van der Waals surface area contributed by atoms with E-state index in [1.165, 1.54) is 0 Å². The lowest BCUT2D eigenvalue weighted by atomic mass is 9.97. The Morgan fingerprint density at radius 1 is 1.42 bits per heavy atom. The largest absolute Gasteiger partial charge is 0.385 e. The first-order valence-corrected chi connectivity index (χ1v) is 6.93. The Kier molecular flexibility index (Phi) is 4.61. The molecule has 5 heteroatoms. The van der Waals surface area contributed by atoms with Gasteiger partial charge in [0.15, 0.2) is 0 Å². The number of aliphatic hydroxyl groups is 1. The summed E-state index contributed by atoms with van der Waals surface area (Å²) in [6, 6.07) is 5.80. The van der Waals surface area contributed by atoms with Gasteiger partial charge >= 0.3 is 0 Å². The number of aromatic nitrogens is 1. The Morgan fingerprint density at radius 2 is 2.16 bits per heavy atom. The van der Waals surface area contributed by atoms with Crippen LogP contribution in [0.4, 0.5) is 11.6 Å². The molecular weight excluding hydrogens is 242 g/mol. The number of ether oxygens (including phenoxy) is 1. The van der Waals surface area contributed by atoms with Crippen molar-refractivity contribution in [1.29, 1.82) is 0 Å². The fraction of sp³-hybridized carbons (Fsp3) is 0.643. The van der Waals surface area contributed by atoms with Gasteiger partial charge in [-0.15, -0.1) is 0 Å². The molecule has 2 unspecified atom stereocenters. The van der Waals surface area contributed by atoms with Crippen LogP contribution in [0.1, 0.15) is 26.7 Å². The van der Waals surface area contributed by atoms with E-state index in [0.29, 0.717) is 19.6 Å². The molecule has 1 aromatic rings. The fourth-order valence-electron chi connectivity index (χ4n) is 2.13. The van der Waals surface area contributed by atoms with Gasteiger partial charge in [0.2, 0.25) is 0 Å². The molecule has 0 aliphatic carbocycles. The summed E-state index contributed by atoms with van der Waals surface area (Å²) in [5, 5.41) is 16.8. The second-order valence-corrected chi connectivity index (χ2v) is 5.05. The molecule has 1 aliphatic rings. The molecule has 19 heavy (non-hydrogen) atoms. The molecule has 1 saturated heterocycles. The van der Waals surface area contributed by atoms with Crippen LogP contribution in [0, 0.1) is 0 Å². The van der Waals surface area contributed by atoms with E-state index < -0.39 is 5.60 Å². The van der Waals surface area contributed by atoms with E-state index in [1.54, 1.807) is 0 Å². The van der Waals surface area contributed by atoms with Crippen LogP contribution in [-0.2, 0) is 4.74 Å². The summed E-state index contributed by atoms with van der Waals surface area (Å²) in [6.07, 6.45) is 1.59. The molecule has 3 N–H and O–H groups in total. The second kappa shape index (κ2) is 6.21. The van der Waals surface area contributed by atoms with Crippen molar-refractivity contribution >= 4 is 11.6 Å². The number of anilines is 2. The lowest BCUT2D eigenvalue weighted by Gasteiger charge is -2.26. The van der Waals surface area contributed by atoms with Crippen LogP contribution >= 0.6 is 0 Å². The molecule has 2 heterocycles. The van der Waals surface area contributed by atoms with E-state index in [1.807, 2.05) is 25.1 Å². The van der Waals surface area contributed by atoms with Gasteiger partial charge < -0.3 is 20.5 Å². The topological polar surface area (TPSA) is 66.4 Å². The standard InChI is InChI=1S/C14H23N3O2/c1-3-8-15-12-5-4-6-13(17-12)16-10-14(18)7-9-19-11(14)2/h4-6,11,18H,3,7-10H2,1-2H3,(H2,15,16,17). The summed E-state index contributed by atoms with van der Waals surface area (Å²) in [7, 11) is 0. The molecular formula is C14H23N3O2. The molecule has 0 saturated carbocycles. The Balaban J connectivity index is 1.92. The van der Waals surface area contributed by atoms with E-state index in [-0.39, 0.29) is 6.10 Å². The highest BCUT2D eigenvalue weighted by molar-refractivity contribution is 5.45. The van der Waals surface area contributed by atoms with Crippen molar-refractivity contribution in [2.75, 3.05) is 30.3 Å². The minimum absolute atomic E-state index is 0.138. The SMILES string of the molecule is CCCNc1cccc(NCC2(O)CCOC2C)n1. The first kappa shape index (κ1) is 14.1. The molecule has 0 spiro atoms. The molecule has 0 aromatic carbocycles.